The molecule has 0 saturated carbocycles. The highest BCUT2D eigenvalue weighted by Crippen LogP contribution is 2.29. The van der Waals surface area contributed by atoms with Crippen molar-refractivity contribution in [2.24, 2.45) is 0 Å². The second-order valence-corrected chi connectivity index (χ2v) is 8.87. The van der Waals surface area contributed by atoms with Gasteiger partial charge in [0.1, 0.15) is 34.4 Å². The van der Waals surface area contributed by atoms with Gasteiger partial charge in [0, 0.05) is 18.7 Å². The summed E-state index contributed by atoms with van der Waals surface area (Å²) in [6.45, 7) is 0.429. The average molecular weight is 561 g/mol. The van der Waals surface area contributed by atoms with E-state index in [4.69, 9.17) is 15.9 Å². The Morgan fingerprint density at radius 1 is 0.821 bits per heavy atom. The molecule has 0 atom stereocenters. The molecule has 1 aromatic heterocycles. The van der Waals surface area contributed by atoms with E-state index in [0.29, 0.717) is 41.2 Å². The number of anilines is 2. The average Bonchev–Trinajstić information content (AvgIpc) is 2.95. The number of para-hydroxylation sites is 1. The first-order valence-corrected chi connectivity index (χ1v) is 12.3. The van der Waals surface area contributed by atoms with Crippen LogP contribution in [-0.2, 0) is 0 Å². The van der Waals surface area contributed by atoms with Gasteiger partial charge in [-0.05, 0) is 54.8 Å². The molecular formula is C26H21F5N6OS. The summed E-state index contributed by atoms with van der Waals surface area (Å²) in [7, 11) is 0. The fourth-order valence-corrected chi connectivity index (χ4v) is 4.15. The molecule has 0 aliphatic heterocycles. The fraction of sp³-hybridized carbons (Fsp3) is 0.115. The Balaban J connectivity index is 1.34. The van der Waals surface area contributed by atoms with E-state index in [9.17, 15) is 22.0 Å². The molecule has 13 heteroatoms. The fourth-order valence-electron chi connectivity index (χ4n) is 3.40. The molecule has 7 nitrogen and oxygen atoms in total. The second-order valence-electron chi connectivity index (χ2n) is 7.97. The number of halogens is 5. The van der Waals surface area contributed by atoms with Crippen molar-refractivity contribution in [3.8, 4) is 11.5 Å². The van der Waals surface area contributed by atoms with E-state index >= 15 is 0 Å². The van der Waals surface area contributed by atoms with E-state index in [1.54, 1.807) is 24.3 Å². The zero-order valence-electron chi connectivity index (χ0n) is 20.1. The van der Waals surface area contributed by atoms with Crippen LogP contribution in [0.4, 0.5) is 33.6 Å². The van der Waals surface area contributed by atoms with E-state index in [0.717, 1.165) is 0 Å². The van der Waals surface area contributed by atoms with Crippen LogP contribution in [-0.4, -0.2) is 28.8 Å². The minimum atomic E-state index is -2.21. The highest BCUT2D eigenvalue weighted by Gasteiger charge is 2.26. The smallest absolute Gasteiger partial charge is 0.200 e. The van der Waals surface area contributed by atoms with Crippen LogP contribution >= 0.6 is 11.9 Å². The number of aromatic nitrogens is 2. The maximum absolute atomic E-state index is 13.8. The molecule has 0 aliphatic carbocycles. The normalized spacial score (nSPS) is 10.9. The molecule has 0 spiro atoms. The number of nitrogen functional groups attached to an aromatic ring is 1. The van der Waals surface area contributed by atoms with Gasteiger partial charge in [-0.25, -0.2) is 31.9 Å². The number of nitrogens with one attached hydrogen (secondary N) is 3. The molecule has 1 heterocycles. The minimum Gasteiger partial charge on any atom is -0.457 e. The predicted molar refractivity (Wildman–Crippen MR) is 139 cm³/mol. The zero-order chi connectivity index (χ0) is 27.9. The van der Waals surface area contributed by atoms with Crippen LogP contribution in [0.2, 0.25) is 0 Å². The van der Waals surface area contributed by atoms with Gasteiger partial charge in [-0.15, -0.1) is 0 Å². The summed E-state index contributed by atoms with van der Waals surface area (Å²) in [5, 5.41) is 11.7. The second kappa shape index (κ2) is 12.5. The Morgan fingerprint density at radius 3 is 2.10 bits per heavy atom. The lowest BCUT2D eigenvalue weighted by atomic mass is 10.0. The van der Waals surface area contributed by atoms with E-state index in [1.165, 1.54) is 6.33 Å². The van der Waals surface area contributed by atoms with Crippen LogP contribution in [0.15, 0.2) is 65.8 Å². The standard InChI is InChI=1S/C26H21F5N6OS/c27-18-19(28)21(30)24(22(31)20(18)29)39-37-12-4-11-34-26-17(25(33)35-13-36-26)23(32)14-7-9-16(10-8-14)38-15-5-2-1-3-6-15/h1-3,5-10,13,32,37H,4,11-12H2,(H3,33,34,35,36). The third-order valence-corrected chi connectivity index (χ3v) is 6.25. The molecule has 0 amide bonds. The Hall–Kier alpha value is -4.23. The van der Waals surface area contributed by atoms with Crippen LogP contribution < -0.4 is 20.5 Å². The third-order valence-electron chi connectivity index (χ3n) is 5.34. The molecule has 0 fully saturated rings. The van der Waals surface area contributed by atoms with Crippen molar-refractivity contribution in [1.29, 1.82) is 5.41 Å². The van der Waals surface area contributed by atoms with E-state index in [-0.39, 0.29) is 30.2 Å². The number of benzene rings is 3. The Kier molecular flexibility index (Phi) is 8.94. The molecular weight excluding hydrogens is 539 g/mol. The number of hydrogen-bond donors (Lipinski definition) is 4. The van der Waals surface area contributed by atoms with E-state index in [1.807, 2.05) is 30.3 Å². The molecule has 0 bridgehead atoms. The van der Waals surface area contributed by atoms with Crippen molar-refractivity contribution in [1.82, 2.24) is 14.7 Å². The molecule has 3 aromatic carbocycles. The van der Waals surface area contributed by atoms with Crippen LogP contribution in [0.1, 0.15) is 17.5 Å². The maximum atomic E-state index is 13.8. The van der Waals surface area contributed by atoms with Crippen molar-refractivity contribution in [2.45, 2.75) is 11.3 Å². The van der Waals surface area contributed by atoms with Gasteiger partial charge in [0.25, 0.3) is 0 Å². The van der Waals surface area contributed by atoms with Gasteiger partial charge in [0.05, 0.1) is 11.3 Å². The van der Waals surface area contributed by atoms with Crippen LogP contribution in [0.5, 0.6) is 11.5 Å². The summed E-state index contributed by atoms with van der Waals surface area (Å²) in [5.74, 6) is -8.38. The van der Waals surface area contributed by atoms with Gasteiger partial charge in [-0.3, -0.25) is 10.1 Å². The molecule has 5 N–H and O–H groups in total. The molecule has 202 valence electrons. The van der Waals surface area contributed by atoms with Crippen molar-refractivity contribution in [2.75, 3.05) is 24.1 Å². The third kappa shape index (κ3) is 6.44. The first-order chi connectivity index (χ1) is 18.8. The lowest BCUT2D eigenvalue weighted by Crippen LogP contribution is -2.17. The van der Waals surface area contributed by atoms with Gasteiger partial charge >= 0.3 is 0 Å². The van der Waals surface area contributed by atoms with Crippen molar-refractivity contribution in [3.05, 3.63) is 101 Å². The van der Waals surface area contributed by atoms with Gasteiger partial charge < -0.3 is 15.8 Å². The van der Waals surface area contributed by atoms with Crippen molar-refractivity contribution in [3.63, 3.8) is 0 Å². The van der Waals surface area contributed by atoms with Crippen molar-refractivity contribution < 1.29 is 26.7 Å². The summed E-state index contributed by atoms with van der Waals surface area (Å²) < 4.78 is 75.7. The molecule has 0 unspecified atom stereocenters. The number of nitrogens with zero attached hydrogens (tertiary/aromatic N) is 2. The van der Waals surface area contributed by atoms with Gasteiger partial charge in [0.2, 0.25) is 5.82 Å². The molecule has 0 radical (unpaired) electrons. The minimum absolute atomic E-state index is 0.0712. The SMILES string of the molecule is N=C(c1ccc(Oc2ccccc2)cc1)c1c(N)ncnc1NCCCNSc1c(F)c(F)c(F)c(F)c1F. The summed E-state index contributed by atoms with van der Waals surface area (Å²) in [6.07, 6.45) is 1.60. The van der Waals surface area contributed by atoms with Crippen LogP contribution in [0.3, 0.4) is 0 Å². The Labute approximate surface area is 224 Å². The molecule has 4 aromatic rings. The number of hydrogen-bond acceptors (Lipinski definition) is 8. The number of nitrogens with two attached hydrogens (primary N) is 1. The van der Waals surface area contributed by atoms with E-state index < -0.39 is 34.0 Å². The lowest BCUT2D eigenvalue weighted by molar-refractivity contribution is 0.360. The summed E-state index contributed by atoms with van der Waals surface area (Å²) >= 11 is 0.302. The van der Waals surface area contributed by atoms with Gasteiger partial charge in [0.15, 0.2) is 23.3 Å². The number of rotatable bonds is 11. The predicted octanol–water partition coefficient (Wildman–Crippen LogP) is 6.06. The van der Waals surface area contributed by atoms with Crippen LogP contribution in [0, 0.1) is 34.5 Å². The first-order valence-electron chi connectivity index (χ1n) is 11.5. The highest BCUT2D eigenvalue weighted by molar-refractivity contribution is 7.97. The highest BCUT2D eigenvalue weighted by atomic mass is 32.2. The number of ether oxygens (including phenoxy) is 1. The molecule has 0 aliphatic rings. The molecule has 0 saturated heterocycles. The van der Waals surface area contributed by atoms with E-state index in [2.05, 4.69) is 20.0 Å². The Morgan fingerprint density at radius 2 is 1.44 bits per heavy atom. The van der Waals surface area contributed by atoms with Gasteiger partial charge in [-0.1, -0.05) is 18.2 Å². The molecule has 39 heavy (non-hydrogen) atoms. The summed E-state index contributed by atoms with van der Waals surface area (Å²) in [5.41, 5.74) is 6.93. The van der Waals surface area contributed by atoms with Crippen molar-refractivity contribution >= 4 is 29.3 Å². The topological polar surface area (TPSA) is 109 Å². The first kappa shape index (κ1) is 27.8. The monoisotopic (exact) mass is 560 g/mol. The van der Waals surface area contributed by atoms with Crippen LogP contribution in [0.25, 0.3) is 0 Å². The molecule has 4 rings (SSSR count). The summed E-state index contributed by atoms with van der Waals surface area (Å²) in [4.78, 5) is 7.12. The zero-order valence-corrected chi connectivity index (χ0v) is 20.9. The van der Waals surface area contributed by atoms with Gasteiger partial charge in [-0.2, -0.15) is 0 Å². The lowest BCUT2D eigenvalue weighted by Gasteiger charge is -2.14. The largest absolute Gasteiger partial charge is 0.457 e. The quantitative estimate of drug-likeness (QED) is 0.0441. The maximum Gasteiger partial charge on any atom is 0.200 e. The summed E-state index contributed by atoms with van der Waals surface area (Å²) in [6, 6.07) is 16.1. The Bertz CT molecular complexity index is 1450.